The van der Waals surface area contributed by atoms with Gasteiger partial charge in [0.15, 0.2) is 0 Å². The van der Waals surface area contributed by atoms with Crippen LogP contribution in [0, 0.1) is 0 Å². The summed E-state index contributed by atoms with van der Waals surface area (Å²) in [4.78, 5) is 4.32. The molecule has 2 aliphatic rings. The van der Waals surface area contributed by atoms with E-state index in [4.69, 9.17) is 27.9 Å². The second-order valence-electron chi connectivity index (χ2n) is 6.20. The summed E-state index contributed by atoms with van der Waals surface area (Å²) >= 11 is 12.7. The van der Waals surface area contributed by atoms with E-state index in [1.165, 1.54) is 6.42 Å². The largest absolute Gasteiger partial charge is 0.389 e. The highest BCUT2D eigenvalue weighted by Gasteiger charge is 2.29. The average molecular weight is 357 g/mol. The molecule has 0 unspecified atom stereocenters. The third-order valence-corrected chi connectivity index (χ3v) is 5.60. The van der Waals surface area contributed by atoms with Crippen molar-refractivity contribution in [2.45, 2.75) is 43.7 Å². The minimum absolute atomic E-state index is 0.116. The van der Waals surface area contributed by atoms with E-state index < -0.39 is 6.10 Å². The summed E-state index contributed by atoms with van der Waals surface area (Å²) in [7, 11) is 0. The van der Waals surface area contributed by atoms with Gasteiger partial charge in [-0.15, -0.1) is 5.10 Å². The average Bonchev–Trinajstić information content (AvgIpc) is 2.73. The number of aliphatic hydroxyl groups excluding tert-OH is 1. The summed E-state index contributed by atoms with van der Waals surface area (Å²) in [5.41, 5.74) is 1.69. The molecule has 0 amide bonds. The lowest BCUT2D eigenvalue weighted by atomic mass is 9.83. The molecule has 0 spiro atoms. The molecule has 1 aliphatic heterocycles. The van der Waals surface area contributed by atoms with Crippen LogP contribution in [0.1, 0.15) is 37.3 Å². The fourth-order valence-electron chi connectivity index (χ4n) is 3.16. The van der Waals surface area contributed by atoms with E-state index >= 15 is 0 Å². The number of nitrogens with one attached hydrogen (secondary N) is 1. The van der Waals surface area contributed by atoms with Crippen molar-refractivity contribution in [3.8, 4) is 0 Å². The Labute approximate surface area is 143 Å². The lowest BCUT2D eigenvalue weighted by Gasteiger charge is -2.28. The number of ether oxygens (including phenoxy) is 1. The molecule has 2 aromatic heterocycles. The van der Waals surface area contributed by atoms with Crippen LogP contribution < -0.4 is 5.32 Å². The van der Waals surface area contributed by atoms with Gasteiger partial charge >= 0.3 is 0 Å². The minimum Gasteiger partial charge on any atom is -0.389 e. The second-order valence-corrected chi connectivity index (χ2v) is 6.96. The number of fused-ring (bicyclic) bond motifs is 1. The molecule has 6 nitrogen and oxygen atoms in total. The van der Waals surface area contributed by atoms with Crippen molar-refractivity contribution in [2.75, 3.05) is 18.5 Å². The highest BCUT2D eigenvalue weighted by Crippen LogP contribution is 2.44. The van der Waals surface area contributed by atoms with Crippen molar-refractivity contribution in [3.05, 3.63) is 21.9 Å². The van der Waals surface area contributed by atoms with Crippen LogP contribution in [0.25, 0.3) is 5.52 Å². The molecule has 8 heteroatoms. The molecule has 1 saturated carbocycles. The van der Waals surface area contributed by atoms with Crippen molar-refractivity contribution >= 4 is 34.7 Å². The Kier molecular flexibility index (Phi) is 4.09. The number of anilines is 1. The molecule has 0 bridgehead atoms. The molecule has 1 aliphatic carbocycles. The number of hydrogen-bond acceptors (Lipinski definition) is 5. The summed E-state index contributed by atoms with van der Waals surface area (Å²) in [6, 6.07) is -0.116. The van der Waals surface area contributed by atoms with E-state index in [1.54, 1.807) is 10.7 Å². The predicted molar refractivity (Wildman–Crippen MR) is 88.5 cm³/mol. The van der Waals surface area contributed by atoms with Gasteiger partial charge in [-0.2, -0.15) is 0 Å². The zero-order valence-electron chi connectivity index (χ0n) is 12.5. The van der Waals surface area contributed by atoms with Gasteiger partial charge < -0.3 is 15.2 Å². The molecular formula is C15H18Cl2N4O2. The first kappa shape index (κ1) is 15.4. The first-order valence-corrected chi connectivity index (χ1v) is 8.65. The zero-order valence-corrected chi connectivity index (χ0v) is 14.0. The topological polar surface area (TPSA) is 71.7 Å². The van der Waals surface area contributed by atoms with Crippen molar-refractivity contribution in [1.29, 1.82) is 0 Å². The monoisotopic (exact) mass is 356 g/mol. The quantitative estimate of drug-likeness (QED) is 0.884. The second kappa shape index (κ2) is 6.09. The Morgan fingerprint density at radius 2 is 2.09 bits per heavy atom. The molecule has 2 N–H and O–H groups in total. The predicted octanol–water partition coefficient (Wildman–Crippen LogP) is 2.87. The van der Waals surface area contributed by atoms with Crippen LogP contribution in [0.2, 0.25) is 10.0 Å². The molecule has 4 rings (SSSR count). The standard InChI is InChI=1S/C15H18Cl2N4O2/c16-12-10-6-18-15(19-9-4-5-23-7-11(9)22)20-21(10)14(13(12)17)8-2-1-3-8/h6,8-9,11,22H,1-5,7H2,(H,19,20)/t9-,11-/m1/s1. The van der Waals surface area contributed by atoms with Gasteiger partial charge in [-0.25, -0.2) is 9.50 Å². The summed E-state index contributed by atoms with van der Waals surface area (Å²) in [6.45, 7) is 0.944. The molecule has 0 radical (unpaired) electrons. The SMILES string of the molecule is O[C@@H]1COCC[C@H]1Nc1ncc2c(Cl)c(Cl)c(C3CCC3)n2n1. The number of halogens is 2. The molecule has 2 aromatic rings. The van der Waals surface area contributed by atoms with Gasteiger partial charge in [0.2, 0.25) is 5.95 Å². The van der Waals surface area contributed by atoms with Crippen LogP contribution in [0.4, 0.5) is 5.95 Å². The van der Waals surface area contributed by atoms with Crippen molar-refractivity contribution < 1.29 is 9.84 Å². The number of hydrogen-bond donors (Lipinski definition) is 2. The van der Waals surface area contributed by atoms with E-state index in [-0.39, 0.29) is 6.04 Å². The van der Waals surface area contributed by atoms with Gasteiger partial charge in [-0.05, 0) is 19.3 Å². The third kappa shape index (κ3) is 2.67. The highest BCUT2D eigenvalue weighted by atomic mass is 35.5. The third-order valence-electron chi connectivity index (χ3n) is 4.74. The fourth-order valence-corrected chi connectivity index (χ4v) is 3.72. The van der Waals surface area contributed by atoms with Crippen LogP contribution >= 0.6 is 23.2 Å². The van der Waals surface area contributed by atoms with Crippen LogP contribution in [0.5, 0.6) is 0 Å². The summed E-state index contributed by atoms with van der Waals surface area (Å²) in [6.07, 6.45) is 5.24. The van der Waals surface area contributed by atoms with Gasteiger partial charge in [-0.3, -0.25) is 0 Å². The van der Waals surface area contributed by atoms with Crippen LogP contribution in [0.15, 0.2) is 6.20 Å². The summed E-state index contributed by atoms with van der Waals surface area (Å²) < 4.78 is 7.04. The Balaban J connectivity index is 1.69. The number of aliphatic hydroxyl groups is 1. The lowest BCUT2D eigenvalue weighted by molar-refractivity contribution is -0.0136. The van der Waals surface area contributed by atoms with Crippen LogP contribution in [-0.2, 0) is 4.74 Å². The molecular weight excluding hydrogens is 339 g/mol. The maximum absolute atomic E-state index is 9.99. The molecule has 1 saturated heterocycles. The van der Waals surface area contributed by atoms with E-state index in [0.29, 0.717) is 41.5 Å². The normalized spacial score (nSPS) is 25.5. The van der Waals surface area contributed by atoms with E-state index in [0.717, 1.165) is 24.1 Å². The van der Waals surface area contributed by atoms with Crippen LogP contribution in [0.3, 0.4) is 0 Å². The van der Waals surface area contributed by atoms with Crippen molar-refractivity contribution in [1.82, 2.24) is 14.6 Å². The maximum atomic E-state index is 9.99. The first-order valence-electron chi connectivity index (χ1n) is 7.90. The molecule has 2 atom stereocenters. The maximum Gasteiger partial charge on any atom is 0.241 e. The number of aromatic nitrogens is 3. The van der Waals surface area contributed by atoms with Crippen molar-refractivity contribution in [3.63, 3.8) is 0 Å². The fraction of sp³-hybridized carbons (Fsp3) is 0.600. The van der Waals surface area contributed by atoms with Gasteiger partial charge in [0.25, 0.3) is 0 Å². The summed E-state index contributed by atoms with van der Waals surface area (Å²) in [5, 5.41) is 18.8. The highest BCUT2D eigenvalue weighted by molar-refractivity contribution is 6.45. The molecule has 23 heavy (non-hydrogen) atoms. The van der Waals surface area contributed by atoms with Crippen LogP contribution in [-0.4, -0.2) is 45.1 Å². The van der Waals surface area contributed by atoms with Gasteiger partial charge in [0.1, 0.15) is 5.52 Å². The lowest BCUT2D eigenvalue weighted by Crippen LogP contribution is -2.42. The van der Waals surface area contributed by atoms with Gasteiger partial charge in [0, 0.05) is 12.5 Å². The molecule has 2 fully saturated rings. The Bertz CT molecular complexity index is 732. The minimum atomic E-state index is -0.564. The molecule has 3 heterocycles. The van der Waals surface area contributed by atoms with Crippen molar-refractivity contribution in [2.24, 2.45) is 0 Å². The molecule has 124 valence electrons. The summed E-state index contributed by atoms with van der Waals surface area (Å²) in [5.74, 6) is 0.867. The first-order chi connectivity index (χ1) is 11.1. The van der Waals surface area contributed by atoms with E-state index in [1.807, 2.05) is 0 Å². The number of nitrogens with zero attached hydrogens (tertiary/aromatic N) is 3. The smallest absolute Gasteiger partial charge is 0.241 e. The van der Waals surface area contributed by atoms with E-state index in [2.05, 4.69) is 15.4 Å². The van der Waals surface area contributed by atoms with Gasteiger partial charge in [0.05, 0.1) is 40.7 Å². The molecule has 0 aromatic carbocycles. The van der Waals surface area contributed by atoms with Gasteiger partial charge in [-0.1, -0.05) is 29.6 Å². The zero-order chi connectivity index (χ0) is 16.0. The number of rotatable bonds is 3. The Morgan fingerprint density at radius 1 is 1.26 bits per heavy atom. The van der Waals surface area contributed by atoms with E-state index in [9.17, 15) is 5.11 Å². The Hall–Kier alpha value is -1.08. The Morgan fingerprint density at radius 3 is 2.78 bits per heavy atom.